The second kappa shape index (κ2) is 9.85. The smallest absolute Gasteiger partial charge is 0.416 e. The number of rotatable bonds is 6. The molecule has 1 aliphatic rings. The molecule has 2 aromatic heterocycles. The molecule has 1 fully saturated rings. The first-order valence-electron chi connectivity index (χ1n) is 11.4. The van der Waals surface area contributed by atoms with Crippen molar-refractivity contribution in [2.75, 3.05) is 24.6 Å². The molecular formula is C26H24F3N5O2. The first kappa shape index (κ1) is 25.0. The molecule has 0 atom stereocenters. The number of nitrogens with zero attached hydrogens (tertiary/aromatic N) is 4. The van der Waals surface area contributed by atoms with Crippen molar-refractivity contribution in [3.8, 4) is 23.1 Å². The minimum Gasteiger partial charge on any atom is -0.478 e. The topological polar surface area (TPSA) is 105 Å². The first-order valence-corrected chi connectivity index (χ1v) is 11.4. The van der Waals surface area contributed by atoms with Crippen molar-refractivity contribution < 1.29 is 22.7 Å². The van der Waals surface area contributed by atoms with Crippen LogP contribution in [0.2, 0.25) is 0 Å². The normalized spacial score (nSPS) is 15.2. The molecule has 186 valence electrons. The minimum atomic E-state index is -4.54. The molecule has 0 aliphatic carbocycles. The van der Waals surface area contributed by atoms with Crippen molar-refractivity contribution in [2.24, 2.45) is 5.73 Å². The second-order valence-corrected chi connectivity index (χ2v) is 8.50. The number of aromatic nitrogens is 2. The number of ether oxygens (including phenoxy) is 1. The van der Waals surface area contributed by atoms with Gasteiger partial charge in [0.2, 0.25) is 11.8 Å². The Hall–Kier alpha value is -4.13. The molecule has 0 spiro atoms. The summed E-state index contributed by atoms with van der Waals surface area (Å²) in [6.07, 6.45) is -0.643. The van der Waals surface area contributed by atoms with E-state index in [4.69, 9.17) is 10.5 Å². The summed E-state index contributed by atoms with van der Waals surface area (Å²) < 4.78 is 44.8. The maximum atomic E-state index is 13.1. The van der Waals surface area contributed by atoms with Crippen LogP contribution in [-0.4, -0.2) is 35.6 Å². The number of hydrogen-bond acceptors (Lipinski definition) is 6. The molecule has 0 bridgehead atoms. The van der Waals surface area contributed by atoms with E-state index in [1.54, 1.807) is 29.4 Å². The van der Waals surface area contributed by atoms with Gasteiger partial charge in [-0.25, -0.2) is 4.98 Å². The van der Waals surface area contributed by atoms with Crippen molar-refractivity contribution in [1.82, 2.24) is 9.97 Å². The number of anilines is 1. The van der Waals surface area contributed by atoms with E-state index in [1.807, 2.05) is 25.1 Å². The van der Waals surface area contributed by atoms with Gasteiger partial charge in [0.25, 0.3) is 0 Å². The second-order valence-electron chi connectivity index (χ2n) is 8.50. The molecule has 0 unspecified atom stereocenters. The van der Waals surface area contributed by atoms with Crippen LogP contribution in [0.25, 0.3) is 11.1 Å². The Balaban J connectivity index is 1.58. The number of halogens is 3. The Morgan fingerprint density at radius 2 is 1.94 bits per heavy atom. The van der Waals surface area contributed by atoms with E-state index >= 15 is 0 Å². The number of benzene rings is 1. The molecule has 0 radical (unpaired) electrons. The fourth-order valence-corrected chi connectivity index (χ4v) is 4.53. The van der Waals surface area contributed by atoms with E-state index in [-0.39, 0.29) is 5.56 Å². The summed E-state index contributed by atoms with van der Waals surface area (Å²) in [4.78, 5) is 23.3. The van der Waals surface area contributed by atoms with Crippen LogP contribution in [0.1, 0.15) is 36.6 Å². The van der Waals surface area contributed by atoms with Gasteiger partial charge in [-0.05, 0) is 56.2 Å². The van der Waals surface area contributed by atoms with Crippen molar-refractivity contribution in [3.05, 3.63) is 71.7 Å². The predicted octanol–water partition coefficient (Wildman–Crippen LogP) is 4.46. The third-order valence-corrected chi connectivity index (χ3v) is 6.49. The van der Waals surface area contributed by atoms with E-state index in [1.165, 1.54) is 6.07 Å². The molecule has 36 heavy (non-hydrogen) atoms. The highest BCUT2D eigenvalue weighted by atomic mass is 19.4. The van der Waals surface area contributed by atoms with Crippen LogP contribution in [0, 0.1) is 11.3 Å². The highest BCUT2D eigenvalue weighted by Crippen LogP contribution is 2.39. The van der Waals surface area contributed by atoms with Gasteiger partial charge in [0, 0.05) is 36.6 Å². The van der Waals surface area contributed by atoms with Crippen LogP contribution in [0.5, 0.6) is 5.88 Å². The van der Waals surface area contributed by atoms with Gasteiger partial charge in [-0.15, -0.1) is 0 Å². The van der Waals surface area contributed by atoms with Gasteiger partial charge in [-0.1, -0.05) is 6.07 Å². The number of piperidine rings is 1. The van der Waals surface area contributed by atoms with Crippen molar-refractivity contribution in [3.63, 3.8) is 0 Å². The lowest BCUT2D eigenvalue weighted by atomic mass is 9.74. The highest BCUT2D eigenvalue weighted by Gasteiger charge is 2.43. The van der Waals surface area contributed by atoms with Crippen LogP contribution in [0.15, 0.2) is 54.9 Å². The van der Waals surface area contributed by atoms with Crippen LogP contribution in [0.3, 0.4) is 0 Å². The maximum Gasteiger partial charge on any atom is 0.416 e. The van der Waals surface area contributed by atoms with Crippen molar-refractivity contribution in [1.29, 1.82) is 5.26 Å². The third kappa shape index (κ3) is 4.69. The number of amides is 1. The Bertz CT molecular complexity index is 1290. The van der Waals surface area contributed by atoms with Crippen LogP contribution in [0.4, 0.5) is 18.9 Å². The number of primary amides is 1. The lowest BCUT2D eigenvalue weighted by Gasteiger charge is -2.40. The Kier molecular flexibility index (Phi) is 6.84. The van der Waals surface area contributed by atoms with Crippen molar-refractivity contribution in [2.45, 2.75) is 31.4 Å². The molecule has 1 saturated heterocycles. The highest BCUT2D eigenvalue weighted by molar-refractivity contribution is 5.87. The quantitative estimate of drug-likeness (QED) is 0.542. The summed E-state index contributed by atoms with van der Waals surface area (Å²) in [7, 11) is 0. The number of nitriles is 1. The maximum absolute atomic E-state index is 13.1. The Morgan fingerprint density at radius 3 is 2.53 bits per heavy atom. The zero-order chi connectivity index (χ0) is 25.9. The largest absolute Gasteiger partial charge is 0.478 e. The van der Waals surface area contributed by atoms with Crippen LogP contribution in [-0.2, 0) is 16.4 Å². The van der Waals surface area contributed by atoms with Gasteiger partial charge >= 0.3 is 6.18 Å². The SMILES string of the molecule is CCOc1ncccc1-c1ccc(C2(C(N)=O)CCN(c3ccc(C(F)(F)F)cc3C#N)CC2)nc1. The molecule has 1 aliphatic heterocycles. The molecule has 3 heterocycles. The average Bonchev–Trinajstić information content (AvgIpc) is 2.88. The van der Waals surface area contributed by atoms with Crippen molar-refractivity contribution >= 4 is 11.6 Å². The van der Waals surface area contributed by atoms with Gasteiger partial charge in [0.05, 0.1) is 34.5 Å². The van der Waals surface area contributed by atoms with Gasteiger partial charge in [0.1, 0.15) is 6.07 Å². The lowest BCUT2D eigenvalue weighted by molar-refractivity contribution is -0.137. The summed E-state index contributed by atoms with van der Waals surface area (Å²) in [5.74, 6) is -0.0379. The Labute approximate surface area is 206 Å². The molecule has 10 heteroatoms. The summed E-state index contributed by atoms with van der Waals surface area (Å²) in [5.41, 5.74) is 6.33. The zero-order valence-electron chi connectivity index (χ0n) is 19.5. The number of alkyl halides is 3. The number of hydrogen-bond donors (Lipinski definition) is 1. The Morgan fingerprint density at radius 1 is 1.19 bits per heavy atom. The number of carbonyl (C=O) groups is 1. The molecule has 0 saturated carbocycles. The lowest BCUT2D eigenvalue weighted by Crippen LogP contribution is -2.50. The third-order valence-electron chi connectivity index (χ3n) is 6.49. The average molecular weight is 496 g/mol. The van der Waals surface area contributed by atoms with E-state index in [2.05, 4.69) is 9.97 Å². The molecule has 2 N–H and O–H groups in total. The van der Waals surface area contributed by atoms with Gasteiger partial charge < -0.3 is 15.4 Å². The molecule has 1 aromatic carbocycles. The number of pyridine rings is 2. The minimum absolute atomic E-state index is 0.0690. The molecular weight excluding hydrogens is 471 g/mol. The fourth-order valence-electron chi connectivity index (χ4n) is 4.53. The summed E-state index contributed by atoms with van der Waals surface area (Å²) in [6.45, 7) is 2.98. The van der Waals surface area contributed by atoms with Crippen LogP contribution >= 0.6 is 0 Å². The summed E-state index contributed by atoms with van der Waals surface area (Å²) >= 11 is 0. The van der Waals surface area contributed by atoms with Crippen LogP contribution < -0.4 is 15.4 Å². The fraction of sp³-hybridized carbons (Fsp3) is 0.308. The molecule has 3 aromatic rings. The first-order chi connectivity index (χ1) is 17.2. The standard InChI is InChI=1S/C26H24F3N5O2/c1-2-36-23-20(4-3-11-32-23)17-5-8-22(33-16-17)25(24(31)35)9-12-34(13-10-25)21-7-6-19(26(27,28)29)14-18(21)15-30/h3-8,11,14,16H,2,9-10,12-13H2,1H3,(H2,31,35). The van der Waals surface area contributed by atoms with E-state index < -0.39 is 23.1 Å². The molecule has 1 amide bonds. The number of carbonyl (C=O) groups excluding carboxylic acids is 1. The molecule has 4 rings (SSSR count). The monoisotopic (exact) mass is 495 g/mol. The summed E-state index contributed by atoms with van der Waals surface area (Å²) in [5, 5.41) is 9.44. The van der Waals surface area contributed by atoms with E-state index in [0.29, 0.717) is 49.8 Å². The van der Waals surface area contributed by atoms with Gasteiger partial charge in [-0.3, -0.25) is 9.78 Å². The predicted molar refractivity (Wildman–Crippen MR) is 127 cm³/mol. The van der Waals surface area contributed by atoms with Gasteiger partial charge in [-0.2, -0.15) is 18.4 Å². The number of nitrogens with two attached hydrogens (primary N) is 1. The van der Waals surface area contributed by atoms with Gasteiger partial charge in [0.15, 0.2) is 0 Å². The summed E-state index contributed by atoms with van der Waals surface area (Å²) in [6, 6.07) is 12.2. The molecule has 7 nitrogen and oxygen atoms in total. The zero-order valence-corrected chi connectivity index (χ0v) is 19.5. The van der Waals surface area contributed by atoms with E-state index in [0.717, 1.165) is 23.3 Å². The van der Waals surface area contributed by atoms with E-state index in [9.17, 15) is 23.2 Å².